The number of nitrogens with one attached hydrogen (secondary N) is 1. The van der Waals surface area contributed by atoms with Gasteiger partial charge in [-0.3, -0.25) is 9.59 Å². The number of amides is 2. The molecule has 25 heavy (non-hydrogen) atoms. The van der Waals surface area contributed by atoms with Gasteiger partial charge >= 0.3 is 0 Å². The number of hydrogen-bond acceptors (Lipinski definition) is 4. The summed E-state index contributed by atoms with van der Waals surface area (Å²) in [5.74, 6) is 0.135. The van der Waals surface area contributed by atoms with Crippen molar-refractivity contribution >= 4 is 55.0 Å². The minimum atomic E-state index is -0.239. The highest BCUT2D eigenvalue weighted by atomic mass is 79.9. The Bertz CT molecular complexity index is 702. The van der Waals surface area contributed by atoms with E-state index in [1.165, 1.54) is 4.90 Å². The largest absolute Gasteiger partial charge is 0.481 e. The number of rotatable bonds is 8. The first-order valence-corrected chi connectivity index (χ1v) is 10.1. The summed E-state index contributed by atoms with van der Waals surface area (Å²) in [4.78, 5) is 26.9. The molecule has 0 saturated heterocycles. The highest BCUT2D eigenvalue weighted by Crippen LogP contribution is 2.32. The van der Waals surface area contributed by atoms with Crippen LogP contribution in [-0.2, 0) is 16.1 Å². The van der Waals surface area contributed by atoms with Crippen molar-refractivity contribution in [1.29, 1.82) is 0 Å². The summed E-state index contributed by atoms with van der Waals surface area (Å²) in [7, 11) is 0. The van der Waals surface area contributed by atoms with Crippen molar-refractivity contribution in [1.82, 2.24) is 10.2 Å². The average Bonchev–Trinajstić information content (AvgIpc) is 3.10. The third-order valence-electron chi connectivity index (χ3n) is 3.37. The number of carbonyl (C=O) groups excluding carboxylic acids is 2. The number of thiophene rings is 1. The van der Waals surface area contributed by atoms with E-state index in [0.717, 1.165) is 13.8 Å². The molecule has 2 aromatic rings. The van der Waals surface area contributed by atoms with E-state index in [0.29, 0.717) is 18.8 Å². The van der Waals surface area contributed by atoms with Crippen LogP contribution in [0.2, 0.25) is 0 Å². The molecule has 134 valence electrons. The number of carbonyl (C=O) groups is 2. The standard InChI is InChI=1S/C17H18Br2N2O3S/c1-2-21(10-15(22)20-9-12-5-4-8-25-12)16(23)11-24-17-13(18)6-3-7-14(17)19/h3-8H,2,9-11H2,1H3,(H,20,22). The van der Waals surface area contributed by atoms with E-state index in [4.69, 9.17) is 4.74 Å². The van der Waals surface area contributed by atoms with Crippen LogP contribution >= 0.6 is 43.2 Å². The van der Waals surface area contributed by atoms with Crippen molar-refractivity contribution in [2.24, 2.45) is 0 Å². The smallest absolute Gasteiger partial charge is 0.260 e. The normalized spacial score (nSPS) is 10.4. The zero-order valence-corrected chi connectivity index (χ0v) is 17.6. The lowest BCUT2D eigenvalue weighted by atomic mass is 10.3. The van der Waals surface area contributed by atoms with Gasteiger partial charge in [-0.1, -0.05) is 12.1 Å². The maximum Gasteiger partial charge on any atom is 0.260 e. The number of benzene rings is 1. The number of nitrogens with zero attached hydrogens (tertiary/aromatic N) is 1. The number of ether oxygens (including phenoxy) is 1. The molecule has 0 fully saturated rings. The molecule has 0 bridgehead atoms. The lowest BCUT2D eigenvalue weighted by Gasteiger charge is -2.21. The van der Waals surface area contributed by atoms with Crippen LogP contribution in [0.4, 0.5) is 0 Å². The first kappa shape index (κ1) is 19.9. The van der Waals surface area contributed by atoms with Crippen molar-refractivity contribution in [2.45, 2.75) is 13.5 Å². The minimum absolute atomic E-state index is 0.0151. The third-order valence-corrected chi connectivity index (χ3v) is 5.49. The van der Waals surface area contributed by atoms with Gasteiger partial charge in [-0.05, 0) is 62.4 Å². The third kappa shape index (κ3) is 6.13. The van der Waals surface area contributed by atoms with Gasteiger partial charge < -0.3 is 15.0 Å². The van der Waals surface area contributed by atoms with Gasteiger partial charge in [-0.25, -0.2) is 0 Å². The summed E-state index contributed by atoms with van der Waals surface area (Å²) < 4.78 is 7.11. The van der Waals surface area contributed by atoms with Gasteiger partial charge in [0.1, 0.15) is 5.75 Å². The molecule has 2 rings (SSSR count). The highest BCUT2D eigenvalue weighted by Gasteiger charge is 2.17. The van der Waals surface area contributed by atoms with E-state index < -0.39 is 0 Å². The number of halogens is 2. The molecular weight excluding hydrogens is 472 g/mol. The van der Waals surface area contributed by atoms with Crippen molar-refractivity contribution in [3.05, 3.63) is 49.5 Å². The monoisotopic (exact) mass is 488 g/mol. The summed E-state index contributed by atoms with van der Waals surface area (Å²) in [6.45, 7) is 2.63. The van der Waals surface area contributed by atoms with Gasteiger partial charge in [0.25, 0.3) is 5.91 Å². The quantitative estimate of drug-likeness (QED) is 0.613. The molecule has 0 aliphatic heterocycles. The van der Waals surface area contributed by atoms with E-state index in [9.17, 15) is 9.59 Å². The van der Waals surface area contributed by atoms with E-state index in [-0.39, 0.29) is 25.0 Å². The Hall–Kier alpha value is -1.38. The second kappa shape index (κ2) is 9.94. The van der Waals surface area contributed by atoms with Crippen LogP contribution in [-0.4, -0.2) is 36.4 Å². The second-order valence-electron chi connectivity index (χ2n) is 5.10. The molecule has 1 heterocycles. The van der Waals surface area contributed by atoms with E-state index >= 15 is 0 Å². The highest BCUT2D eigenvalue weighted by molar-refractivity contribution is 9.11. The molecule has 0 spiro atoms. The molecule has 1 aromatic heterocycles. The van der Waals surface area contributed by atoms with Crippen LogP contribution in [0.15, 0.2) is 44.7 Å². The summed E-state index contributed by atoms with van der Waals surface area (Å²) in [5.41, 5.74) is 0. The van der Waals surface area contributed by atoms with Gasteiger partial charge in [0.15, 0.2) is 6.61 Å². The molecule has 0 aliphatic carbocycles. The fraction of sp³-hybridized carbons (Fsp3) is 0.294. The Kier molecular flexibility index (Phi) is 7.92. The molecular formula is C17H18Br2N2O3S. The predicted octanol–water partition coefficient (Wildman–Crippen LogP) is 3.82. The molecule has 1 aromatic carbocycles. The van der Waals surface area contributed by atoms with Crippen LogP contribution in [0.5, 0.6) is 5.75 Å². The van der Waals surface area contributed by atoms with Crippen molar-refractivity contribution in [3.63, 3.8) is 0 Å². The Morgan fingerprint density at radius 2 is 1.92 bits per heavy atom. The molecule has 0 atom stereocenters. The zero-order chi connectivity index (χ0) is 18.2. The minimum Gasteiger partial charge on any atom is -0.481 e. The van der Waals surface area contributed by atoms with Crippen LogP contribution < -0.4 is 10.1 Å². The fourth-order valence-electron chi connectivity index (χ4n) is 2.05. The Morgan fingerprint density at radius 1 is 1.20 bits per heavy atom. The molecule has 0 radical (unpaired) electrons. The Balaban J connectivity index is 1.84. The van der Waals surface area contributed by atoms with E-state index in [1.807, 2.05) is 42.6 Å². The lowest BCUT2D eigenvalue weighted by Crippen LogP contribution is -2.42. The first-order valence-electron chi connectivity index (χ1n) is 7.65. The molecule has 8 heteroatoms. The Labute approximate surface area is 167 Å². The van der Waals surface area contributed by atoms with Crippen molar-refractivity contribution < 1.29 is 14.3 Å². The van der Waals surface area contributed by atoms with Gasteiger partial charge in [0.2, 0.25) is 5.91 Å². The molecule has 0 saturated carbocycles. The predicted molar refractivity (Wildman–Crippen MR) is 106 cm³/mol. The fourth-order valence-corrected chi connectivity index (χ4v) is 3.92. The van der Waals surface area contributed by atoms with E-state index in [1.54, 1.807) is 11.3 Å². The van der Waals surface area contributed by atoms with Crippen LogP contribution in [0.25, 0.3) is 0 Å². The molecule has 5 nitrogen and oxygen atoms in total. The molecule has 0 unspecified atom stereocenters. The SMILES string of the molecule is CCN(CC(=O)NCc1cccs1)C(=O)COc1c(Br)cccc1Br. The molecule has 1 N–H and O–H groups in total. The summed E-state index contributed by atoms with van der Waals surface area (Å²) >= 11 is 8.36. The van der Waals surface area contributed by atoms with Crippen LogP contribution in [0, 0.1) is 0 Å². The zero-order valence-electron chi connectivity index (χ0n) is 13.6. The van der Waals surface area contributed by atoms with Gasteiger partial charge in [0, 0.05) is 11.4 Å². The number of hydrogen-bond donors (Lipinski definition) is 1. The maximum atomic E-state index is 12.3. The second-order valence-corrected chi connectivity index (χ2v) is 7.84. The van der Waals surface area contributed by atoms with Crippen LogP contribution in [0.3, 0.4) is 0 Å². The van der Waals surface area contributed by atoms with Crippen molar-refractivity contribution in [2.75, 3.05) is 19.7 Å². The summed E-state index contributed by atoms with van der Waals surface area (Å²) in [5, 5.41) is 4.78. The average molecular weight is 490 g/mol. The van der Waals surface area contributed by atoms with Crippen molar-refractivity contribution in [3.8, 4) is 5.75 Å². The van der Waals surface area contributed by atoms with Gasteiger partial charge in [-0.2, -0.15) is 0 Å². The Morgan fingerprint density at radius 3 is 2.52 bits per heavy atom. The summed E-state index contributed by atoms with van der Waals surface area (Å²) in [6.07, 6.45) is 0. The molecule has 2 amide bonds. The van der Waals surface area contributed by atoms with Crippen LogP contribution in [0.1, 0.15) is 11.8 Å². The molecule has 0 aliphatic rings. The lowest BCUT2D eigenvalue weighted by molar-refractivity contribution is -0.137. The van der Waals surface area contributed by atoms with Gasteiger partial charge in [0.05, 0.1) is 22.0 Å². The van der Waals surface area contributed by atoms with E-state index in [2.05, 4.69) is 37.2 Å². The first-order chi connectivity index (χ1) is 12.0. The van der Waals surface area contributed by atoms with Gasteiger partial charge in [-0.15, -0.1) is 11.3 Å². The summed E-state index contributed by atoms with van der Waals surface area (Å²) in [6, 6.07) is 9.42. The number of para-hydroxylation sites is 1. The number of likely N-dealkylation sites (N-methyl/N-ethyl adjacent to an activating group) is 1. The maximum absolute atomic E-state index is 12.3. The topological polar surface area (TPSA) is 58.6 Å².